The number of hydrogen-bond donors (Lipinski definition) is 1. The molecule has 0 heterocycles. The van der Waals surface area contributed by atoms with Crippen LogP contribution in [0.15, 0.2) is 0 Å². The molecular formula is C30H62O. The normalized spacial score (nSPS) is 12.5. The largest absolute Gasteiger partial charge is 0.393 e. The molecule has 0 fully saturated rings. The zero-order chi connectivity index (χ0) is 22.7. The molecule has 0 aliphatic carbocycles. The lowest BCUT2D eigenvalue weighted by Gasteiger charge is -2.10. The lowest BCUT2D eigenvalue weighted by Crippen LogP contribution is -2.05. The fraction of sp³-hybridized carbons (Fsp3) is 1.00. The van der Waals surface area contributed by atoms with Gasteiger partial charge in [0.2, 0.25) is 0 Å². The van der Waals surface area contributed by atoms with E-state index in [9.17, 15) is 5.11 Å². The third-order valence-corrected chi connectivity index (χ3v) is 7.03. The van der Waals surface area contributed by atoms with Gasteiger partial charge in [-0.3, -0.25) is 0 Å². The molecular weight excluding hydrogens is 376 g/mol. The molecule has 0 aromatic rings. The summed E-state index contributed by atoms with van der Waals surface area (Å²) in [6.07, 6.45) is 37.2. The van der Waals surface area contributed by atoms with Crippen molar-refractivity contribution in [3.8, 4) is 0 Å². The first-order valence-electron chi connectivity index (χ1n) is 15.0. The van der Waals surface area contributed by atoms with Crippen molar-refractivity contribution < 1.29 is 5.11 Å². The van der Waals surface area contributed by atoms with Gasteiger partial charge in [0, 0.05) is 0 Å². The summed E-state index contributed by atoms with van der Waals surface area (Å²) in [6, 6.07) is 0. The maximum absolute atomic E-state index is 10.1. The van der Waals surface area contributed by atoms with Crippen molar-refractivity contribution in [1.29, 1.82) is 0 Å². The quantitative estimate of drug-likeness (QED) is 0.126. The molecule has 1 unspecified atom stereocenters. The predicted octanol–water partition coefficient (Wildman–Crippen LogP) is 10.9. The van der Waals surface area contributed by atoms with E-state index in [2.05, 4.69) is 13.8 Å². The molecule has 0 radical (unpaired) electrons. The lowest BCUT2D eigenvalue weighted by molar-refractivity contribution is 0.147. The highest BCUT2D eigenvalue weighted by molar-refractivity contribution is 4.58. The summed E-state index contributed by atoms with van der Waals surface area (Å²) >= 11 is 0. The second kappa shape index (κ2) is 28.0. The van der Waals surface area contributed by atoms with E-state index in [4.69, 9.17) is 0 Å². The fourth-order valence-electron chi connectivity index (χ4n) is 4.76. The summed E-state index contributed by atoms with van der Waals surface area (Å²) < 4.78 is 0. The molecule has 0 saturated heterocycles. The maximum Gasteiger partial charge on any atom is 0.0540 e. The summed E-state index contributed by atoms with van der Waals surface area (Å²) in [4.78, 5) is 0. The van der Waals surface area contributed by atoms with E-state index in [-0.39, 0.29) is 6.10 Å². The van der Waals surface area contributed by atoms with Crippen LogP contribution >= 0.6 is 0 Å². The van der Waals surface area contributed by atoms with Gasteiger partial charge in [0.05, 0.1) is 6.10 Å². The molecule has 0 aromatic carbocycles. The zero-order valence-electron chi connectivity index (χ0n) is 22.1. The molecule has 31 heavy (non-hydrogen) atoms. The Morgan fingerprint density at radius 1 is 0.323 bits per heavy atom. The van der Waals surface area contributed by atoms with Crippen molar-refractivity contribution in [2.45, 2.75) is 193 Å². The van der Waals surface area contributed by atoms with E-state index in [1.807, 2.05) is 0 Å². The first kappa shape index (κ1) is 31.0. The molecule has 1 atom stereocenters. The maximum atomic E-state index is 10.1. The van der Waals surface area contributed by atoms with Crippen LogP contribution in [-0.4, -0.2) is 11.2 Å². The Morgan fingerprint density at radius 2 is 0.516 bits per heavy atom. The molecule has 0 rings (SSSR count). The van der Waals surface area contributed by atoms with Crippen LogP contribution < -0.4 is 0 Å². The van der Waals surface area contributed by atoms with Crippen LogP contribution in [0.3, 0.4) is 0 Å². The molecule has 0 saturated carbocycles. The molecule has 0 aliphatic heterocycles. The SMILES string of the molecule is CCCCCCCCCCCCCCCCCCCCCC(O)CCCCCCCC. The Hall–Kier alpha value is -0.0400. The zero-order valence-corrected chi connectivity index (χ0v) is 22.1. The van der Waals surface area contributed by atoms with Crippen LogP contribution in [-0.2, 0) is 0 Å². The van der Waals surface area contributed by atoms with Gasteiger partial charge in [-0.05, 0) is 12.8 Å². The Bertz CT molecular complexity index is 301. The summed E-state index contributed by atoms with van der Waals surface area (Å²) in [7, 11) is 0. The van der Waals surface area contributed by atoms with Crippen molar-refractivity contribution >= 4 is 0 Å². The number of rotatable bonds is 27. The molecule has 0 bridgehead atoms. The van der Waals surface area contributed by atoms with Gasteiger partial charge < -0.3 is 5.11 Å². The highest BCUT2D eigenvalue weighted by atomic mass is 16.3. The van der Waals surface area contributed by atoms with E-state index < -0.39 is 0 Å². The minimum absolute atomic E-state index is 0.0306. The molecule has 1 heteroatoms. The first-order chi connectivity index (χ1) is 15.3. The van der Waals surface area contributed by atoms with Crippen molar-refractivity contribution in [2.75, 3.05) is 0 Å². The second-order valence-corrected chi connectivity index (χ2v) is 10.4. The van der Waals surface area contributed by atoms with Crippen molar-refractivity contribution in [3.05, 3.63) is 0 Å². The standard InChI is InChI=1S/C30H62O/c1-3-5-7-9-11-12-13-14-15-16-17-18-19-20-21-22-23-25-27-29-30(31)28-26-24-10-8-6-4-2/h30-31H,3-29H2,1-2H3. The second-order valence-electron chi connectivity index (χ2n) is 10.4. The van der Waals surface area contributed by atoms with Gasteiger partial charge in [-0.15, -0.1) is 0 Å². The molecule has 1 nitrogen and oxygen atoms in total. The van der Waals surface area contributed by atoms with Crippen LogP contribution in [0.2, 0.25) is 0 Å². The van der Waals surface area contributed by atoms with Gasteiger partial charge in [0.1, 0.15) is 0 Å². The van der Waals surface area contributed by atoms with E-state index in [1.54, 1.807) is 0 Å². The molecule has 0 aliphatic rings. The van der Waals surface area contributed by atoms with E-state index in [0.717, 1.165) is 12.8 Å². The monoisotopic (exact) mass is 438 g/mol. The topological polar surface area (TPSA) is 20.2 Å². The third kappa shape index (κ3) is 27.9. The van der Waals surface area contributed by atoms with Gasteiger partial charge in [-0.2, -0.15) is 0 Å². The molecule has 1 N–H and O–H groups in total. The Kier molecular flexibility index (Phi) is 28.0. The number of unbranched alkanes of at least 4 members (excludes halogenated alkanes) is 23. The highest BCUT2D eigenvalue weighted by Crippen LogP contribution is 2.16. The van der Waals surface area contributed by atoms with E-state index in [0.29, 0.717) is 0 Å². The van der Waals surface area contributed by atoms with Crippen LogP contribution in [0.5, 0.6) is 0 Å². The van der Waals surface area contributed by atoms with Gasteiger partial charge >= 0.3 is 0 Å². The fourth-order valence-corrected chi connectivity index (χ4v) is 4.76. The average Bonchev–Trinajstić information content (AvgIpc) is 2.77. The van der Waals surface area contributed by atoms with Crippen LogP contribution in [0, 0.1) is 0 Å². The Labute approximate surface area is 198 Å². The van der Waals surface area contributed by atoms with Crippen molar-refractivity contribution in [1.82, 2.24) is 0 Å². The summed E-state index contributed by atoms with van der Waals surface area (Å²) in [6.45, 7) is 4.57. The van der Waals surface area contributed by atoms with Crippen LogP contribution in [0.1, 0.15) is 187 Å². The number of aliphatic hydroxyl groups excluding tert-OH is 1. The Balaban J connectivity index is 3.09. The van der Waals surface area contributed by atoms with Crippen molar-refractivity contribution in [2.24, 2.45) is 0 Å². The molecule has 0 spiro atoms. The smallest absolute Gasteiger partial charge is 0.0540 e. The predicted molar refractivity (Wildman–Crippen MR) is 142 cm³/mol. The summed E-state index contributed by atoms with van der Waals surface area (Å²) in [5.41, 5.74) is 0. The molecule has 0 amide bonds. The van der Waals surface area contributed by atoms with Crippen LogP contribution in [0.25, 0.3) is 0 Å². The third-order valence-electron chi connectivity index (χ3n) is 7.03. The minimum atomic E-state index is -0.0306. The molecule has 0 aromatic heterocycles. The highest BCUT2D eigenvalue weighted by Gasteiger charge is 2.03. The molecule has 188 valence electrons. The van der Waals surface area contributed by atoms with Gasteiger partial charge in [0.25, 0.3) is 0 Å². The number of hydrogen-bond acceptors (Lipinski definition) is 1. The van der Waals surface area contributed by atoms with Gasteiger partial charge in [-0.1, -0.05) is 174 Å². The average molecular weight is 439 g/mol. The minimum Gasteiger partial charge on any atom is -0.393 e. The van der Waals surface area contributed by atoms with Gasteiger partial charge in [0.15, 0.2) is 0 Å². The summed E-state index contributed by atoms with van der Waals surface area (Å²) in [5, 5.41) is 10.1. The lowest BCUT2D eigenvalue weighted by atomic mass is 10.0. The Morgan fingerprint density at radius 3 is 0.742 bits per heavy atom. The first-order valence-corrected chi connectivity index (χ1v) is 15.0. The van der Waals surface area contributed by atoms with E-state index >= 15 is 0 Å². The summed E-state index contributed by atoms with van der Waals surface area (Å²) in [5.74, 6) is 0. The van der Waals surface area contributed by atoms with Gasteiger partial charge in [-0.25, -0.2) is 0 Å². The van der Waals surface area contributed by atoms with E-state index in [1.165, 1.54) is 161 Å². The van der Waals surface area contributed by atoms with Crippen molar-refractivity contribution in [3.63, 3.8) is 0 Å². The number of aliphatic hydroxyl groups is 1. The van der Waals surface area contributed by atoms with Crippen LogP contribution in [0.4, 0.5) is 0 Å².